The van der Waals surface area contributed by atoms with Gasteiger partial charge in [0.25, 0.3) is 5.91 Å². The molecule has 0 saturated carbocycles. The van der Waals surface area contributed by atoms with E-state index in [1.54, 1.807) is 50.4 Å². The summed E-state index contributed by atoms with van der Waals surface area (Å²) >= 11 is 1.61. The van der Waals surface area contributed by atoms with Crippen molar-refractivity contribution in [3.8, 4) is 22.8 Å². The largest absolute Gasteiger partial charge is 0.497 e. The molecular weight excluding hydrogens is 415 g/mol. The molecule has 6 nitrogen and oxygen atoms in total. The van der Waals surface area contributed by atoms with Crippen LogP contribution in [0.15, 0.2) is 59.9 Å². The second kappa shape index (κ2) is 8.39. The van der Waals surface area contributed by atoms with Crippen LogP contribution in [0.5, 0.6) is 5.75 Å². The molecule has 4 rings (SSSR count). The molecule has 2 aromatic heterocycles. The fourth-order valence-corrected chi connectivity index (χ4v) is 3.96. The van der Waals surface area contributed by atoms with E-state index >= 15 is 0 Å². The number of fused-ring (bicyclic) bond motifs is 1. The standard InChI is InChI=1S/C23H21FN4O2S/c1-27(2)22(29)14-5-7-17-20(9-14)28(13-21(17)31-4)23-25-11-15(12-26-23)18-10-16(30-3)6-8-19(18)24/h5-13H,1-4H3. The van der Waals surface area contributed by atoms with Gasteiger partial charge in [0.1, 0.15) is 11.6 Å². The van der Waals surface area contributed by atoms with Gasteiger partial charge in [-0.05, 0) is 36.6 Å². The zero-order valence-corrected chi connectivity index (χ0v) is 18.4. The van der Waals surface area contributed by atoms with Crippen LogP contribution in [0.1, 0.15) is 10.4 Å². The molecule has 0 saturated heterocycles. The number of hydrogen-bond acceptors (Lipinski definition) is 5. The molecule has 0 N–H and O–H groups in total. The second-order valence-corrected chi connectivity index (χ2v) is 7.96. The quantitative estimate of drug-likeness (QED) is 0.426. The van der Waals surface area contributed by atoms with Gasteiger partial charge in [-0.1, -0.05) is 6.07 Å². The number of amides is 1. The Kier molecular flexibility index (Phi) is 5.65. The van der Waals surface area contributed by atoms with Gasteiger partial charge >= 0.3 is 0 Å². The van der Waals surface area contributed by atoms with Crippen LogP contribution in [-0.4, -0.2) is 52.8 Å². The summed E-state index contributed by atoms with van der Waals surface area (Å²) in [7, 11) is 4.98. The second-order valence-electron chi connectivity index (χ2n) is 7.12. The summed E-state index contributed by atoms with van der Waals surface area (Å²) in [6.07, 6.45) is 7.10. The number of nitrogens with zero attached hydrogens (tertiary/aromatic N) is 4. The van der Waals surface area contributed by atoms with E-state index in [1.807, 2.05) is 35.2 Å². The van der Waals surface area contributed by atoms with Crippen molar-refractivity contribution >= 4 is 28.6 Å². The van der Waals surface area contributed by atoms with Gasteiger partial charge in [0.05, 0.1) is 12.6 Å². The lowest BCUT2D eigenvalue weighted by Gasteiger charge is -2.11. The van der Waals surface area contributed by atoms with Crippen LogP contribution in [0, 0.1) is 5.82 Å². The first-order valence-electron chi connectivity index (χ1n) is 9.50. The number of halogens is 1. The average molecular weight is 437 g/mol. The molecular formula is C23H21FN4O2S. The van der Waals surface area contributed by atoms with Crippen molar-refractivity contribution in [1.29, 1.82) is 0 Å². The van der Waals surface area contributed by atoms with Crippen LogP contribution < -0.4 is 4.74 Å². The van der Waals surface area contributed by atoms with E-state index in [4.69, 9.17) is 4.74 Å². The summed E-state index contributed by atoms with van der Waals surface area (Å²) in [6, 6.07) is 10.1. The Morgan fingerprint density at radius 1 is 1.13 bits per heavy atom. The van der Waals surface area contributed by atoms with E-state index in [0.29, 0.717) is 28.4 Å². The van der Waals surface area contributed by atoms with Gasteiger partial charge in [0.15, 0.2) is 0 Å². The predicted octanol–water partition coefficient (Wildman–Crippen LogP) is 4.66. The van der Waals surface area contributed by atoms with Crippen molar-refractivity contribution in [2.45, 2.75) is 4.90 Å². The maximum absolute atomic E-state index is 14.3. The molecule has 0 aliphatic heterocycles. The first-order chi connectivity index (χ1) is 14.9. The molecule has 4 aromatic rings. The van der Waals surface area contributed by atoms with Gasteiger partial charge in [-0.25, -0.2) is 14.4 Å². The Hall–Kier alpha value is -3.39. The average Bonchev–Trinajstić information content (AvgIpc) is 3.17. The molecule has 1 amide bonds. The fourth-order valence-electron chi connectivity index (χ4n) is 3.35. The Labute approximate surface area is 183 Å². The number of carbonyl (C=O) groups excluding carboxylic acids is 1. The lowest BCUT2D eigenvalue weighted by Crippen LogP contribution is -2.21. The van der Waals surface area contributed by atoms with Crippen molar-refractivity contribution < 1.29 is 13.9 Å². The van der Waals surface area contributed by atoms with Crippen molar-refractivity contribution in [1.82, 2.24) is 19.4 Å². The number of hydrogen-bond donors (Lipinski definition) is 0. The normalized spacial score (nSPS) is 11.0. The molecule has 31 heavy (non-hydrogen) atoms. The van der Waals surface area contributed by atoms with Gasteiger partial charge < -0.3 is 9.64 Å². The molecule has 8 heteroatoms. The lowest BCUT2D eigenvalue weighted by atomic mass is 10.1. The smallest absolute Gasteiger partial charge is 0.253 e. The van der Waals surface area contributed by atoms with Gasteiger partial charge in [0, 0.05) is 59.7 Å². The number of rotatable bonds is 5. The van der Waals surface area contributed by atoms with E-state index in [-0.39, 0.29) is 11.7 Å². The van der Waals surface area contributed by atoms with Crippen molar-refractivity contribution in [3.05, 3.63) is 66.4 Å². The summed E-state index contributed by atoms with van der Waals surface area (Å²) in [5.41, 5.74) is 2.33. The third-order valence-electron chi connectivity index (χ3n) is 4.98. The molecule has 2 heterocycles. The first-order valence-corrected chi connectivity index (χ1v) is 10.7. The molecule has 2 aromatic carbocycles. The highest BCUT2D eigenvalue weighted by molar-refractivity contribution is 7.98. The fraction of sp³-hybridized carbons (Fsp3) is 0.174. The highest BCUT2D eigenvalue weighted by Gasteiger charge is 2.16. The Balaban J connectivity index is 1.80. The van der Waals surface area contributed by atoms with E-state index in [9.17, 15) is 9.18 Å². The van der Waals surface area contributed by atoms with Gasteiger partial charge in [-0.2, -0.15) is 0 Å². The Bertz CT molecular complexity index is 1270. The number of benzene rings is 2. The molecule has 0 aliphatic rings. The predicted molar refractivity (Wildman–Crippen MR) is 121 cm³/mol. The Morgan fingerprint density at radius 2 is 1.87 bits per heavy atom. The molecule has 0 fully saturated rings. The monoisotopic (exact) mass is 436 g/mol. The summed E-state index contributed by atoms with van der Waals surface area (Å²) < 4.78 is 21.3. The molecule has 0 radical (unpaired) electrons. The zero-order valence-electron chi connectivity index (χ0n) is 17.6. The number of methoxy groups -OCH3 is 1. The van der Waals surface area contributed by atoms with Gasteiger partial charge in [-0.15, -0.1) is 11.8 Å². The third kappa shape index (κ3) is 3.86. The van der Waals surface area contributed by atoms with Crippen molar-refractivity contribution in [3.63, 3.8) is 0 Å². The molecule has 0 spiro atoms. The van der Waals surface area contributed by atoms with Crippen LogP contribution in [0.4, 0.5) is 4.39 Å². The third-order valence-corrected chi connectivity index (χ3v) is 5.75. The number of carbonyl (C=O) groups is 1. The minimum absolute atomic E-state index is 0.0786. The SMILES string of the molecule is COc1ccc(F)c(-c2cnc(-n3cc(SC)c4ccc(C(=O)N(C)C)cc43)nc2)c1. The number of ether oxygens (including phenoxy) is 1. The summed E-state index contributed by atoms with van der Waals surface area (Å²) in [6.45, 7) is 0. The topological polar surface area (TPSA) is 60.3 Å². The summed E-state index contributed by atoms with van der Waals surface area (Å²) in [4.78, 5) is 24.0. The van der Waals surface area contributed by atoms with Crippen LogP contribution >= 0.6 is 11.8 Å². The van der Waals surface area contributed by atoms with Crippen LogP contribution in [0.3, 0.4) is 0 Å². The highest BCUT2D eigenvalue weighted by Crippen LogP contribution is 2.32. The lowest BCUT2D eigenvalue weighted by molar-refractivity contribution is 0.0827. The maximum Gasteiger partial charge on any atom is 0.253 e. The van der Waals surface area contributed by atoms with E-state index in [2.05, 4.69) is 9.97 Å². The number of thioether (sulfide) groups is 1. The van der Waals surface area contributed by atoms with Gasteiger partial charge in [0.2, 0.25) is 5.95 Å². The first kappa shape index (κ1) is 20.9. The van der Waals surface area contributed by atoms with Gasteiger partial charge in [-0.3, -0.25) is 9.36 Å². The highest BCUT2D eigenvalue weighted by atomic mass is 32.2. The summed E-state index contributed by atoms with van der Waals surface area (Å²) in [5, 5.41) is 1.01. The molecule has 158 valence electrons. The number of aromatic nitrogens is 3. The van der Waals surface area contributed by atoms with E-state index < -0.39 is 0 Å². The minimum atomic E-state index is -0.375. The molecule has 0 bridgehead atoms. The summed E-state index contributed by atoms with van der Waals surface area (Å²) in [5.74, 6) is 0.538. The van der Waals surface area contributed by atoms with Crippen LogP contribution in [0.2, 0.25) is 0 Å². The molecule has 0 aliphatic carbocycles. The van der Waals surface area contributed by atoms with E-state index in [1.165, 1.54) is 18.1 Å². The maximum atomic E-state index is 14.3. The van der Waals surface area contributed by atoms with Crippen LogP contribution in [-0.2, 0) is 0 Å². The van der Waals surface area contributed by atoms with Crippen LogP contribution in [0.25, 0.3) is 28.0 Å². The molecule has 0 atom stereocenters. The Morgan fingerprint density at radius 3 is 2.52 bits per heavy atom. The molecule has 0 unspecified atom stereocenters. The zero-order chi connectivity index (χ0) is 22.1. The van der Waals surface area contributed by atoms with E-state index in [0.717, 1.165) is 15.8 Å². The minimum Gasteiger partial charge on any atom is -0.497 e. The van der Waals surface area contributed by atoms with Crippen molar-refractivity contribution in [2.24, 2.45) is 0 Å². The van der Waals surface area contributed by atoms with Crippen molar-refractivity contribution in [2.75, 3.05) is 27.5 Å².